The van der Waals surface area contributed by atoms with E-state index in [1.54, 1.807) is 26.8 Å². The molecule has 0 fully saturated rings. The molecule has 164 valence electrons. The summed E-state index contributed by atoms with van der Waals surface area (Å²) in [6, 6.07) is 7.01. The first-order valence-corrected chi connectivity index (χ1v) is 10.5. The highest BCUT2D eigenvalue weighted by Crippen LogP contribution is 2.34. The predicted molar refractivity (Wildman–Crippen MR) is 112 cm³/mol. The van der Waals surface area contributed by atoms with Crippen molar-refractivity contribution >= 4 is 29.4 Å². The lowest BCUT2D eigenvalue weighted by Crippen LogP contribution is -2.51. The number of halogens is 2. The number of alkyl carbamates (subject to hydrolysis) is 1. The van der Waals surface area contributed by atoms with Crippen LogP contribution in [0.3, 0.4) is 0 Å². The number of ether oxygens (including phenoxy) is 1. The van der Waals surface area contributed by atoms with E-state index in [-0.39, 0.29) is 31.9 Å². The number of nitriles is 1. The van der Waals surface area contributed by atoms with Crippen LogP contribution in [0.25, 0.3) is 0 Å². The standard InChI is InChI=1S/C19H26F2N2O4S.H2S/c1-17(2,3)27-16(24)23-19(12-20,14-8-6-7-9-15(14)21)11-10-18(4,13-22)28(5,25)26;/h6-9H,10-12H2,1-5H3,(H,23,24);1H2/t18?,19-;/m1./s1. The second-order valence-corrected chi connectivity index (χ2v) is 10.4. The van der Waals surface area contributed by atoms with Crippen molar-refractivity contribution < 1.29 is 26.7 Å². The van der Waals surface area contributed by atoms with Crippen molar-refractivity contribution in [2.75, 3.05) is 12.9 Å². The Morgan fingerprint density at radius 3 is 2.17 bits per heavy atom. The molecule has 0 bridgehead atoms. The van der Waals surface area contributed by atoms with Crippen LogP contribution < -0.4 is 5.32 Å². The summed E-state index contributed by atoms with van der Waals surface area (Å²) in [5.41, 5.74) is -2.93. The Kier molecular flexibility index (Phi) is 9.14. The van der Waals surface area contributed by atoms with E-state index in [2.05, 4.69) is 5.32 Å². The Morgan fingerprint density at radius 2 is 1.76 bits per heavy atom. The van der Waals surface area contributed by atoms with Crippen molar-refractivity contribution in [3.63, 3.8) is 0 Å². The van der Waals surface area contributed by atoms with Crippen molar-refractivity contribution in [2.45, 2.75) is 56.4 Å². The summed E-state index contributed by atoms with van der Waals surface area (Å²) in [4.78, 5) is 12.3. The second kappa shape index (κ2) is 9.76. The molecule has 0 heterocycles. The molecule has 1 unspecified atom stereocenters. The van der Waals surface area contributed by atoms with Crippen molar-refractivity contribution in [1.82, 2.24) is 5.32 Å². The Morgan fingerprint density at radius 1 is 1.21 bits per heavy atom. The maximum atomic E-state index is 14.5. The molecule has 1 aromatic rings. The van der Waals surface area contributed by atoms with Crippen LogP contribution in [0.15, 0.2) is 24.3 Å². The van der Waals surface area contributed by atoms with Crippen LogP contribution in [0, 0.1) is 17.1 Å². The van der Waals surface area contributed by atoms with Gasteiger partial charge in [0.05, 0.1) is 11.6 Å². The number of nitrogens with zero attached hydrogens (tertiary/aromatic N) is 1. The van der Waals surface area contributed by atoms with Gasteiger partial charge in [0.1, 0.15) is 18.1 Å². The summed E-state index contributed by atoms with van der Waals surface area (Å²) in [5, 5.41) is 11.7. The molecular weight excluding hydrogens is 422 g/mol. The number of rotatable bonds is 7. The first kappa shape index (κ1) is 27.1. The number of sulfone groups is 1. The number of amides is 1. The monoisotopic (exact) mass is 450 g/mol. The maximum absolute atomic E-state index is 14.5. The summed E-state index contributed by atoms with van der Waals surface area (Å²) in [6.45, 7) is 4.83. The summed E-state index contributed by atoms with van der Waals surface area (Å²) in [7, 11) is -3.82. The molecule has 0 saturated heterocycles. The van der Waals surface area contributed by atoms with Gasteiger partial charge in [-0.05, 0) is 46.6 Å². The molecule has 29 heavy (non-hydrogen) atoms. The van der Waals surface area contributed by atoms with Crippen LogP contribution in [0.1, 0.15) is 46.1 Å². The van der Waals surface area contributed by atoms with Gasteiger partial charge in [-0.25, -0.2) is 22.0 Å². The summed E-state index contributed by atoms with van der Waals surface area (Å²) >= 11 is 0. The van der Waals surface area contributed by atoms with Gasteiger partial charge in [-0.15, -0.1) is 0 Å². The predicted octanol–water partition coefficient (Wildman–Crippen LogP) is 3.74. The lowest BCUT2D eigenvalue weighted by atomic mass is 9.84. The minimum atomic E-state index is -3.82. The number of alkyl halides is 1. The van der Waals surface area contributed by atoms with Gasteiger partial charge in [0.2, 0.25) is 0 Å². The zero-order valence-electron chi connectivity index (χ0n) is 17.2. The Hall–Kier alpha value is -1.86. The van der Waals surface area contributed by atoms with Gasteiger partial charge in [-0.1, -0.05) is 18.2 Å². The minimum absolute atomic E-state index is 0. The van der Waals surface area contributed by atoms with Crippen molar-refractivity contribution in [1.29, 1.82) is 5.26 Å². The second-order valence-electron chi connectivity index (χ2n) is 7.94. The quantitative estimate of drug-likeness (QED) is 0.683. The van der Waals surface area contributed by atoms with Crippen molar-refractivity contribution in [2.24, 2.45) is 0 Å². The number of benzene rings is 1. The van der Waals surface area contributed by atoms with E-state index in [1.807, 2.05) is 0 Å². The molecule has 2 atom stereocenters. The lowest BCUT2D eigenvalue weighted by molar-refractivity contribution is 0.0416. The van der Waals surface area contributed by atoms with Gasteiger partial charge in [-0.3, -0.25) is 0 Å². The van der Waals surface area contributed by atoms with E-state index in [1.165, 1.54) is 25.1 Å². The molecule has 0 aliphatic heterocycles. The van der Waals surface area contributed by atoms with Crippen molar-refractivity contribution in [3.05, 3.63) is 35.6 Å². The van der Waals surface area contributed by atoms with Crippen molar-refractivity contribution in [3.8, 4) is 6.07 Å². The zero-order chi connectivity index (χ0) is 21.8. The van der Waals surface area contributed by atoms with Crippen LogP contribution in [0.5, 0.6) is 0 Å². The summed E-state index contributed by atoms with van der Waals surface area (Å²) in [5.74, 6) is -0.769. The normalized spacial score (nSPS) is 15.8. The smallest absolute Gasteiger partial charge is 0.408 e. The molecule has 0 spiro atoms. The van der Waals surface area contributed by atoms with Gasteiger partial charge < -0.3 is 10.1 Å². The van der Waals surface area contributed by atoms with E-state index in [4.69, 9.17) is 4.74 Å². The zero-order valence-corrected chi connectivity index (χ0v) is 19.0. The molecule has 1 N–H and O–H groups in total. The highest BCUT2D eigenvalue weighted by Gasteiger charge is 2.43. The highest BCUT2D eigenvalue weighted by molar-refractivity contribution is 7.92. The Labute approximate surface area is 178 Å². The lowest BCUT2D eigenvalue weighted by Gasteiger charge is -2.35. The van der Waals surface area contributed by atoms with E-state index in [0.29, 0.717) is 0 Å². The molecule has 0 aliphatic rings. The molecule has 1 aromatic carbocycles. The Balaban J connectivity index is 0.00000784. The molecule has 1 rings (SSSR count). The number of carbonyl (C=O) groups excluding carboxylic acids is 1. The topological polar surface area (TPSA) is 96.3 Å². The van der Waals surface area contributed by atoms with Gasteiger partial charge >= 0.3 is 6.09 Å². The number of hydrogen-bond acceptors (Lipinski definition) is 5. The van der Waals surface area contributed by atoms with Crippen LogP contribution in [-0.4, -0.2) is 37.8 Å². The fourth-order valence-electron chi connectivity index (χ4n) is 2.56. The number of nitrogens with one attached hydrogen (secondary N) is 1. The van der Waals surface area contributed by atoms with Crippen LogP contribution in [0.2, 0.25) is 0 Å². The number of carbonyl (C=O) groups is 1. The van der Waals surface area contributed by atoms with Gasteiger partial charge in [0.25, 0.3) is 0 Å². The fraction of sp³-hybridized carbons (Fsp3) is 0.579. The SMILES string of the molecule is CC(C)(C)OC(=O)N[C@@](CF)(CCC(C)(C#N)S(C)(=O)=O)c1ccccc1F.S. The third kappa shape index (κ3) is 6.85. The molecule has 6 nitrogen and oxygen atoms in total. The Bertz CT molecular complexity index is 866. The third-order valence-corrected chi connectivity index (χ3v) is 6.37. The summed E-state index contributed by atoms with van der Waals surface area (Å²) in [6.07, 6.45) is -0.735. The first-order valence-electron chi connectivity index (χ1n) is 8.63. The van der Waals surface area contributed by atoms with Crippen LogP contribution in [-0.2, 0) is 20.1 Å². The van der Waals surface area contributed by atoms with Gasteiger partial charge in [0, 0.05) is 11.8 Å². The first-order chi connectivity index (χ1) is 12.7. The van der Waals surface area contributed by atoms with E-state index in [0.717, 1.165) is 12.3 Å². The fourth-order valence-corrected chi connectivity index (χ4v) is 3.20. The van der Waals surface area contributed by atoms with E-state index in [9.17, 15) is 27.3 Å². The van der Waals surface area contributed by atoms with Crippen LogP contribution >= 0.6 is 13.5 Å². The van der Waals surface area contributed by atoms with Gasteiger partial charge in [-0.2, -0.15) is 18.8 Å². The average molecular weight is 451 g/mol. The van der Waals surface area contributed by atoms with Crippen LogP contribution in [0.4, 0.5) is 13.6 Å². The number of hydrogen-bond donors (Lipinski definition) is 1. The van der Waals surface area contributed by atoms with E-state index < -0.39 is 44.3 Å². The molecule has 10 heteroatoms. The molecule has 0 radical (unpaired) electrons. The molecule has 0 aromatic heterocycles. The third-order valence-electron chi connectivity index (χ3n) is 4.44. The molecule has 0 aliphatic carbocycles. The largest absolute Gasteiger partial charge is 0.444 e. The van der Waals surface area contributed by atoms with E-state index >= 15 is 0 Å². The average Bonchev–Trinajstić information content (AvgIpc) is 2.56. The summed E-state index contributed by atoms with van der Waals surface area (Å²) < 4.78 is 56.1. The molecular formula is C19H28F2N2O4S2. The maximum Gasteiger partial charge on any atom is 0.408 e. The minimum Gasteiger partial charge on any atom is -0.444 e. The molecule has 0 saturated carbocycles. The highest BCUT2D eigenvalue weighted by atomic mass is 32.2. The van der Waals surface area contributed by atoms with Gasteiger partial charge in [0.15, 0.2) is 14.6 Å². The molecule has 1 amide bonds.